The molecule has 1 N–H and O–H groups in total. The van der Waals surface area contributed by atoms with Crippen LogP contribution in [-0.2, 0) is 11.0 Å². The molecule has 0 aliphatic rings. The van der Waals surface area contributed by atoms with Crippen molar-refractivity contribution in [3.8, 4) is 11.5 Å². The van der Waals surface area contributed by atoms with Crippen molar-refractivity contribution in [2.24, 2.45) is 0 Å². The van der Waals surface area contributed by atoms with Crippen LogP contribution in [0.5, 0.6) is 11.5 Å². The lowest BCUT2D eigenvalue weighted by Gasteiger charge is -2.31. The monoisotopic (exact) mass is 324 g/mol. The third-order valence-electron chi connectivity index (χ3n) is 4.41. The summed E-state index contributed by atoms with van der Waals surface area (Å²) in [6.07, 6.45) is 5.00. The third kappa shape index (κ3) is 5.65. The summed E-state index contributed by atoms with van der Waals surface area (Å²) >= 11 is 0. The Morgan fingerprint density at radius 1 is 1.05 bits per heavy atom. The summed E-state index contributed by atoms with van der Waals surface area (Å²) in [6, 6.07) is 9.19. The molecular weight excluding hydrogens is 292 g/mol. The van der Waals surface area contributed by atoms with Gasteiger partial charge in [0.2, 0.25) is 0 Å². The van der Waals surface area contributed by atoms with Gasteiger partial charge in [0, 0.05) is 0 Å². The van der Waals surface area contributed by atoms with E-state index < -0.39 is 8.32 Å². The lowest BCUT2D eigenvalue weighted by atomic mass is 10.2. The van der Waals surface area contributed by atoms with Crippen LogP contribution in [-0.4, -0.2) is 20.5 Å². The third-order valence-corrected chi connectivity index (χ3v) is 8.98. The topological polar surface area (TPSA) is 38.7 Å². The quantitative estimate of drug-likeness (QED) is 0.547. The van der Waals surface area contributed by atoms with E-state index in [2.05, 4.69) is 20.8 Å². The summed E-state index contributed by atoms with van der Waals surface area (Å²) in [5.41, 5.74) is 1.08. The van der Waals surface area contributed by atoms with Gasteiger partial charge in [-0.2, -0.15) is 0 Å². The molecule has 126 valence electrons. The average Bonchev–Trinajstić information content (AvgIpc) is 2.56. The van der Waals surface area contributed by atoms with Crippen LogP contribution in [0.1, 0.15) is 52.0 Å². The zero-order valence-corrected chi connectivity index (χ0v) is 15.7. The molecule has 0 bridgehead atoms. The number of hydrogen-bond donors (Lipinski definition) is 1. The first-order valence-corrected chi connectivity index (χ1v) is 11.1. The summed E-state index contributed by atoms with van der Waals surface area (Å²) in [5.74, 6) is 0.703. The number of methoxy groups -OCH3 is 1. The first kappa shape index (κ1) is 19.0. The SMILES string of the molecule is CCCC[Si](CC)(CCCC)OCc1ccc(O)c(OC)c1. The minimum Gasteiger partial charge on any atom is -0.504 e. The standard InChI is InChI=1S/C18H32O3Si/c1-5-8-12-22(7-3,13-9-6-2)21-15-16-10-11-17(19)18(14-16)20-4/h10-11,14,19H,5-9,12-13,15H2,1-4H3. The van der Waals surface area contributed by atoms with Crippen LogP contribution in [0.4, 0.5) is 0 Å². The Labute approximate surface area is 136 Å². The van der Waals surface area contributed by atoms with Crippen LogP contribution in [0, 0.1) is 0 Å². The molecule has 22 heavy (non-hydrogen) atoms. The molecule has 0 heterocycles. The van der Waals surface area contributed by atoms with Gasteiger partial charge in [-0.05, 0) is 35.8 Å². The van der Waals surface area contributed by atoms with Gasteiger partial charge in [-0.25, -0.2) is 0 Å². The van der Waals surface area contributed by atoms with Crippen LogP contribution in [0.15, 0.2) is 18.2 Å². The maximum Gasteiger partial charge on any atom is 0.193 e. The van der Waals surface area contributed by atoms with Crippen molar-refractivity contribution in [1.82, 2.24) is 0 Å². The Kier molecular flexibility index (Phi) is 8.57. The Balaban J connectivity index is 2.76. The van der Waals surface area contributed by atoms with Crippen LogP contribution < -0.4 is 4.74 Å². The van der Waals surface area contributed by atoms with E-state index in [1.807, 2.05) is 12.1 Å². The Hall–Kier alpha value is -1.00. The zero-order valence-electron chi connectivity index (χ0n) is 14.7. The molecule has 0 spiro atoms. The molecule has 0 aliphatic heterocycles. The summed E-state index contributed by atoms with van der Waals surface area (Å²) in [6.45, 7) is 7.41. The fourth-order valence-electron chi connectivity index (χ4n) is 2.77. The highest BCUT2D eigenvalue weighted by atomic mass is 28.4. The molecule has 0 amide bonds. The number of phenols is 1. The molecule has 0 radical (unpaired) electrons. The Morgan fingerprint density at radius 2 is 1.68 bits per heavy atom. The van der Waals surface area contributed by atoms with Crippen molar-refractivity contribution in [3.63, 3.8) is 0 Å². The molecule has 4 heteroatoms. The van der Waals surface area contributed by atoms with Crippen molar-refractivity contribution in [2.45, 2.75) is 71.2 Å². The number of benzene rings is 1. The predicted molar refractivity (Wildman–Crippen MR) is 95.1 cm³/mol. The molecule has 0 unspecified atom stereocenters. The first-order chi connectivity index (χ1) is 10.6. The van der Waals surface area contributed by atoms with Crippen molar-refractivity contribution >= 4 is 8.32 Å². The number of rotatable bonds is 11. The van der Waals surface area contributed by atoms with Gasteiger partial charge < -0.3 is 14.3 Å². The van der Waals surface area contributed by atoms with E-state index >= 15 is 0 Å². The maximum atomic E-state index is 9.68. The second-order valence-electron chi connectivity index (χ2n) is 6.04. The number of aromatic hydroxyl groups is 1. The van der Waals surface area contributed by atoms with E-state index in [4.69, 9.17) is 9.16 Å². The van der Waals surface area contributed by atoms with Gasteiger partial charge in [-0.15, -0.1) is 0 Å². The number of ether oxygens (including phenoxy) is 1. The van der Waals surface area contributed by atoms with Gasteiger partial charge in [0.05, 0.1) is 13.7 Å². The van der Waals surface area contributed by atoms with Crippen LogP contribution in [0.2, 0.25) is 18.1 Å². The van der Waals surface area contributed by atoms with E-state index in [-0.39, 0.29) is 5.75 Å². The van der Waals surface area contributed by atoms with E-state index in [0.717, 1.165) is 5.56 Å². The minimum absolute atomic E-state index is 0.183. The first-order valence-electron chi connectivity index (χ1n) is 8.60. The largest absolute Gasteiger partial charge is 0.504 e. The highest BCUT2D eigenvalue weighted by Crippen LogP contribution is 2.30. The van der Waals surface area contributed by atoms with Crippen molar-refractivity contribution in [1.29, 1.82) is 0 Å². The lowest BCUT2D eigenvalue weighted by molar-refractivity contribution is 0.282. The van der Waals surface area contributed by atoms with E-state index in [9.17, 15) is 5.11 Å². The Morgan fingerprint density at radius 3 is 2.18 bits per heavy atom. The minimum atomic E-state index is -1.64. The molecule has 3 nitrogen and oxygen atoms in total. The summed E-state index contributed by atoms with van der Waals surface area (Å²) < 4.78 is 11.7. The second-order valence-corrected chi connectivity index (χ2v) is 10.4. The van der Waals surface area contributed by atoms with Crippen molar-refractivity contribution in [2.75, 3.05) is 7.11 Å². The van der Waals surface area contributed by atoms with Gasteiger partial charge in [0.15, 0.2) is 19.8 Å². The highest BCUT2D eigenvalue weighted by Gasteiger charge is 2.31. The molecule has 0 saturated carbocycles. The molecule has 0 saturated heterocycles. The molecule has 1 aromatic carbocycles. The zero-order chi connectivity index (χ0) is 16.4. The molecule has 0 atom stereocenters. The lowest BCUT2D eigenvalue weighted by Crippen LogP contribution is -2.37. The fraction of sp³-hybridized carbons (Fsp3) is 0.667. The van der Waals surface area contributed by atoms with E-state index in [1.165, 1.54) is 43.8 Å². The smallest absolute Gasteiger partial charge is 0.193 e. The van der Waals surface area contributed by atoms with E-state index in [1.54, 1.807) is 13.2 Å². The average molecular weight is 325 g/mol. The van der Waals surface area contributed by atoms with Gasteiger partial charge in [0.25, 0.3) is 0 Å². The maximum absolute atomic E-state index is 9.68. The fourth-order valence-corrected chi connectivity index (χ4v) is 6.69. The van der Waals surface area contributed by atoms with Gasteiger partial charge in [-0.1, -0.05) is 52.5 Å². The predicted octanol–water partition coefficient (Wildman–Crippen LogP) is 5.48. The van der Waals surface area contributed by atoms with E-state index in [0.29, 0.717) is 12.4 Å². The number of hydrogen-bond acceptors (Lipinski definition) is 3. The molecular formula is C18H32O3Si. The molecule has 1 rings (SSSR count). The number of unbranched alkanes of at least 4 members (excludes halogenated alkanes) is 2. The highest BCUT2D eigenvalue weighted by molar-refractivity contribution is 6.73. The van der Waals surface area contributed by atoms with Crippen LogP contribution >= 0.6 is 0 Å². The normalized spacial score (nSPS) is 11.6. The van der Waals surface area contributed by atoms with Crippen molar-refractivity contribution in [3.05, 3.63) is 23.8 Å². The van der Waals surface area contributed by atoms with Gasteiger partial charge >= 0.3 is 0 Å². The Bertz CT molecular complexity index is 426. The number of phenolic OH excluding ortho intramolecular Hbond substituents is 1. The summed E-state index contributed by atoms with van der Waals surface area (Å²) in [7, 11) is -0.0620. The van der Waals surface area contributed by atoms with Gasteiger partial charge in [0.1, 0.15) is 0 Å². The molecule has 0 fully saturated rings. The second kappa shape index (κ2) is 9.90. The van der Waals surface area contributed by atoms with Gasteiger partial charge in [-0.3, -0.25) is 0 Å². The van der Waals surface area contributed by atoms with Crippen molar-refractivity contribution < 1.29 is 14.3 Å². The molecule has 0 aliphatic carbocycles. The molecule has 0 aromatic heterocycles. The van der Waals surface area contributed by atoms with Crippen LogP contribution in [0.25, 0.3) is 0 Å². The molecule has 1 aromatic rings. The van der Waals surface area contributed by atoms with Crippen LogP contribution in [0.3, 0.4) is 0 Å². The summed E-state index contributed by atoms with van der Waals surface area (Å²) in [4.78, 5) is 0. The summed E-state index contributed by atoms with van der Waals surface area (Å²) in [5, 5.41) is 9.68.